The monoisotopic (exact) mass is 352 g/mol. The molecule has 1 atom stereocenters. The van der Waals surface area contributed by atoms with E-state index in [4.69, 9.17) is 4.74 Å². The smallest absolute Gasteiger partial charge is 0.458 e. The standard InChI is InChI=1S/C14H13F5N2O3/c1-8-7-12(23,13(15,16)14(17,18)19)21(20-8)11(22)9-3-5-10(24-2)6-4-9/h3-6,23H,7H2,1-2H3/t12-/m1/s1. The molecule has 2 rings (SSSR count). The first kappa shape index (κ1) is 18.1. The fourth-order valence-corrected chi connectivity index (χ4v) is 2.26. The number of nitrogens with zero attached hydrogens (tertiary/aromatic N) is 2. The summed E-state index contributed by atoms with van der Waals surface area (Å²) in [7, 11) is 1.35. The van der Waals surface area contributed by atoms with Crippen LogP contribution in [0.25, 0.3) is 0 Å². The van der Waals surface area contributed by atoms with Gasteiger partial charge in [-0.2, -0.15) is 32.1 Å². The van der Waals surface area contributed by atoms with Crippen molar-refractivity contribution in [3.8, 4) is 5.75 Å². The highest BCUT2D eigenvalue weighted by atomic mass is 19.4. The summed E-state index contributed by atoms with van der Waals surface area (Å²) >= 11 is 0. The average Bonchev–Trinajstić information content (AvgIpc) is 2.82. The zero-order valence-electron chi connectivity index (χ0n) is 12.6. The van der Waals surface area contributed by atoms with Gasteiger partial charge in [-0.3, -0.25) is 4.79 Å². The molecule has 0 unspecified atom stereocenters. The van der Waals surface area contributed by atoms with Gasteiger partial charge in [0.25, 0.3) is 5.91 Å². The van der Waals surface area contributed by atoms with E-state index in [0.29, 0.717) is 5.75 Å². The number of carbonyl (C=O) groups is 1. The van der Waals surface area contributed by atoms with Crippen molar-refractivity contribution >= 4 is 11.6 Å². The number of rotatable bonds is 3. The zero-order valence-corrected chi connectivity index (χ0v) is 12.6. The summed E-state index contributed by atoms with van der Waals surface area (Å²) in [6.45, 7) is 1.14. The van der Waals surface area contributed by atoms with Crippen molar-refractivity contribution in [3.05, 3.63) is 29.8 Å². The normalized spacial score (nSPS) is 21.7. The van der Waals surface area contributed by atoms with E-state index in [0.717, 1.165) is 19.1 Å². The highest BCUT2D eigenvalue weighted by Crippen LogP contribution is 2.49. The Hall–Kier alpha value is -2.23. The van der Waals surface area contributed by atoms with E-state index in [2.05, 4.69) is 5.10 Å². The lowest BCUT2D eigenvalue weighted by Crippen LogP contribution is -2.64. The summed E-state index contributed by atoms with van der Waals surface area (Å²) in [6, 6.07) is 4.97. The molecule has 1 aromatic carbocycles. The van der Waals surface area contributed by atoms with Crippen LogP contribution in [-0.4, -0.2) is 46.7 Å². The predicted molar refractivity (Wildman–Crippen MR) is 72.8 cm³/mol. The summed E-state index contributed by atoms with van der Waals surface area (Å²) in [6.07, 6.45) is -7.18. The van der Waals surface area contributed by atoms with E-state index in [1.807, 2.05) is 0 Å². The Morgan fingerprint density at radius 2 is 1.79 bits per heavy atom. The second-order valence-corrected chi connectivity index (χ2v) is 5.25. The molecule has 0 spiro atoms. The first-order valence-electron chi connectivity index (χ1n) is 6.63. The van der Waals surface area contributed by atoms with Gasteiger partial charge in [-0.05, 0) is 31.2 Å². The van der Waals surface area contributed by atoms with E-state index in [1.165, 1.54) is 19.2 Å². The molecule has 1 aliphatic heterocycles. The van der Waals surface area contributed by atoms with Crippen LogP contribution in [0.2, 0.25) is 0 Å². The van der Waals surface area contributed by atoms with Gasteiger partial charge in [0.1, 0.15) is 5.75 Å². The number of amides is 1. The molecule has 0 aliphatic carbocycles. The molecule has 1 aromatic rings. The van der Waals surface area contributed by atoms with Gasteiger partial charge in [0.15, 0.2) is 0 Å². The molecule has 1 N–H and O–H groups in total. The minimum Gasteiger partial charge on any atom is -0.497 e. The number of carbonyl (C=O) groups excluding carboxylic acids is 1. The third-order valence-corrected chi connectivity index (χ3v) is 3.51. The maximum absolute atomic E-state index is 13.8. The highest BCUT2D eigenvalue weighted by molar-refractivity contribution is 5.98. The number of halogens is 5. The Labute approximate surface area is 133 Å². The number of methoxy groups -OCH3 is 1. The van der Waals surface area contributed by atoms with Crippen molar-refractivity contribution in [2.45, 2.75) is 31.2 Å². The number of ether oxygens (including phenoxy) is 1. The molecule has 0 aromatic heterocycles. The van der Waals surface area contributed by atoms with Crippen LogP contribution in [-0.2, 0) is 0 Å². The molecular formula is C14H13F5N2O3. The van der Waals surface area contributed by atoms with Gasteiger partial charge in [0.2, 0.25) is 5.72 Å². The topological polar surface area (TPSA) is 62.1 Å². The van der Waals surface area contributed by atoms with Crippen LogP contribution in [0.15, 0.2) is 29.4 Å². The van der Waals surface area contributed by atoms with Crippen molar-refractivity contribution in [2.24, 2.45) is 5.10 Å². The first-order valence-corrected chi connectivity index (χ1v) is 6.63. The average molecular weight is 352 g/mol. The van der Waals surface area contributed by atoms with Crippen LogP contribution in [0.1, 0.15) is 23.7 Å². The van der Waals surface area contributed by atoms with Crippen LogP contribution < -0.4 is 4.74 Å². The van der Waals surface area contributed by atoms with Gasteiger partial charge in [-0.25, -0.2) is 0 Å². The molecule has 0 fully saturated rings. The number of alkyl halides is 5. The quantitative estimate of drug-likeness (QED) is 0.851. The van der Waals surface area contributed by atoms with Crippen LogP contribution in [0.5, 0.6) is 5.75 Å². The first-order chi connectivity index (χ1) is 10.9. The molecule has 0 saturated heterocycles. The number of benzene rings is 1. The largest absolute Gasteiger partial charge is 0.497 e. The van der Waals surface area contributed by atoms with Gasteiger partial charge in [0.05, 0.1) is 7.11 Å². The molecule has 0 bridgehead atoms. The Morgan fingerprint density at radius 3 is 2.25 bits per heavy atom. The molecule has 24 heavy (non-hydrogen) atoms. The Morgan fingerprint density at radius 1 is 1.25 bits per heavy atom. The van der Waals surface area contributed by atoms with E-state index >= 15 is 0 Å². The third kappa shape index (κ3) is 2.70. The minimum absolute atomic E-state index is 0.211. The molecule has 1 heterocycles. The van der Waals surface area contributed by atoms with Gasteiger partial charge in [-0.1, -0.05) is 0 Å². The van der Waals surface area contributed by atoms with E-state index in [-0.39, 0.29) is 16.3 Å². The number of hydrogen-bond acceptors (Lipinski definition) is 4. The number of aliphatic hydroxyl groups is 1. The van der Waals surface area contributed by atoms with E-state index in [9.17, 15) is 31.9 Å². The molecule has 0 radical (unpaired) electrons. The van der Waals surface area contributed by atoms with Crippen LogP contribution in [0.4, 0.5) is 22.0 Å². The van der Waals surface area contributed by atoms with Gasteiger partial charge >= 0.3 is 12.1 Å². The molecular weight excluding hydrogens is 339 g/mol. The predicted octanol–water partition coefficient (Wildman–Crippen LogP) is 2.80. The fraction of sp³-hybridized carbons (Fsp3) is 0.429. The summed E-state index contributed by atoms with van der Waals surface area (Å²) in [5, 5.41) is 13.2. The van der Waals surface area contributed by atoms with Gasteiger partial charge in [0, 0.05) is 17.7 Å². The molecule has 0 saturated carbocycles. The lowest BCUT2D eigenvalue weighted by atomic mass is 9.98. The number of hydrazone groups is 1. The zero-order chi connectivity index (χ0) is 18.3. The summed E-state index contributed by atoms with van der Waals surface area (Å²) < 4.78 is 70.5. The van der Waals surface area contributed by atoms with Crippen molar-refractivity contribution in [1.29, 1.82) is 0 Å². The fourth-order valence-electron chi connectivity index (χ4n) is 2.26. The van der Waals surface area contributed by atoms with Crippen LogP contribution in [0, 0.1) is 0 Å². The maximum atomic E-state index is 13.8. The summed E-state index contributed by atoms with van der Waals surface area (Å²) in [4.78, 5) is 12.3. The van der Waals surface area contributed by atoms with Gasteiger partial charge < -0.3 is 9.84 Å². The molecule has 132 valence electrons. The van der Waals surface area contributed by atoms with Crippen LogP contribution >= 0.6 is 0 Å². The number of hydrogen-bond donors (Lipinski definition) is 1. The lowest BCUT2D eigenvalue weighted by Gasteiger charge is -2.38. The Bertz CT molecular complexity index is 672. The SMILES string of the molecule is COc1ccc(C(=O)N2N=C(C)C[C@@]2(O)C(F)(F)C(F)(F)F)cc1. The molecule has 10 heteroatoms. The third-order valence-electron chi connectivity index (χ3n) is 3.51. The van der Waals surface area contributed by atoms with Crippen molar-refractivity contribution in [3.63, 3.8) is 0 Å². The molecule has 5 nitrogen and oxygen atoms in total. The van der Waals surface area contributed by atoms with E-state index in [1.54, 1.807) is 0 Å². The van der Waals surface area contributed by atoms with Gasteiger partial charge in [-0.15, -0.1) is 0 Å². The lowest BCUT2D eigenvalue weighted by molar-refractivity contribution is -0.362. The maximum Gasteiger partial charge on any atom is 0.458 e. The second kappa shape index (κ2) is 5.69. The second-order valence-electron chi connectivity index (χ2n) is 5.25. The van der Waals surface area contributed by atoms with Crippen LogP contribution in [0.3, 0.4) is 0 Å². The molecule has 1 aliphatic rings. The van der Waals surface area contributed by atoms with Crippen molar-refractivity contribution < 1.29 is 36.6 Å². The summed E-state index contributed by atoms with van der Waals surface area (Å²) in [5.74, 6) is -6.51. The Balaban J connectivity index is 2.43. The Kier molecular flexibility index (Phi) is 4.29. The summed E-state index contributed by atoms with van der Waals surface area (Å²) in [5.41, 5.74) is -4.29. The molecule has 1 amide bonds. The van der Waals surface area contributed by atoms with Crippen molar-refractivity contribution in [2.75, 3.05) is 7.11 Å². The van der Waals surface area contributed by atoms with E-state index < -0.39 is 30.2 Å². The van der Waals surface area contributed by atoms with Crippen molar-refractivity contribution in [1.82, 2.24) is 5.01 Å². The highest BCUT2D eigenvalue weighted by Gasteiger charge is 2.74. The minimum atomic E-state index is -6.06.